The molecule has 0 saturated heterocycles. The van der Waals surface area contributed by atoms with Crippen molar-refractivity contribution in [1.82, 2.24) is 9.88 Å². The predicted molar refractivity (Wildman–Crippen MR) is 67.7 cm³/mol. The van der Waals surface area contributed by atoms with Crippen LogP contribution in [-0.2, 0) is 0 Å². The summed E-state index contributed by atoms with van der Waals surface area (Å²) in [6, 6.07) is 5.01. The fourth-order valence-corrected chi connectivity index (χ4v) is 2.73. The first kappa shape index (κ1) is 10.8. The molecule has 1 aromatic heterocycles. The van der Waals surface area contributed by atoms with Crippen molar-refractivity contribution in [3.63, 3.8) is 0 Å². The first-order valence-electron chi connectivity index (χ1n) is 6.06. The second-order valence-corrected chi connectivity index (χ2v) is 5.30. The molecule has 0 amide bonds. The van der Waals surface area contributed by atoms with E-state index in [9.17, 15) is 4.39 Å². The summed E-state index contributed by atoms with van der Waals surface area (Å²) in [6.45, 7) is 1.14. The molecule has 0 bridgehead atoms. The second kappa shape index (κ2) is 3.84. The normalized spacial score (nSPS) is 23.5. The number of H-pyrrole nitrogens is 1. The topological polar surface area (TPSA) is 19.0 Å². The molecule has 90 valence electrons. The van der Waals surface area contributed by atoms with E-state index >= 15 is 0 Å². The lowest BCUT2D eigenvalue weighted by Crippen LogP contribution is -2.15. The Balaban J connectivity index is 1.88. The third-order valence-corrected chi connectivity index (χ3v) is 3.60. The van der Waals surface area contributed by atoms with Crippen LogP contribution in [0, 0.1) is 11.7 Å². The Morgan fingerprint density at radius 3 is 3.00 bits per heavy atom. The minimum absolute atomic E-state index is 0.175. The van der Waals surface area contributed by atoms with Crippen molar-refractivity contribution in [1.29, 1.82) is 0 Å². The number of nitrogens with one attached hydrogen (secondary N) is 1. The fourth-order valence-electron chi connectivity index (χ4n) is 2.73. The molecule has 1 N–H and O–H groups in total. The van der Waals surface area contributed by atoms with Gasteiger partial charge in [-0.1, -0.05) is 0 Å². The maximum atomic E-state index is 13.1. The number of hydrogen-bond donors (Lipinski definition) is 1. The van der Waals surface area contributed by atoms with Crippen molar-refractivity contribution in [2.45, 2.75) is 12.3 Å². The first-order chi connectivity index (χ1) is 8.15. The third kappa shape index (κ3) is 1.95. The van der Waals surface area contributed by atoms with Crippen LogP contribution in [-0.4, -0.2) is 30.5 Å². The number of fused-ring (bicyclic) bond motifs is 1. The summed E-state index contributed by atoms with van der Waals surface area (Å²) in [7, 11) is 4.22. The number of halogens is 1. The molecule has 1 aliphatic rings. The maximum absolute atomic E-state index is 13.1. The Bertz CT molecular complexity index is 544. The van der Waals surface area contributed by atoms with Crippen LogP contribution in [0.15, 0.2) is 24.4 Å². The highest BCUT2D eigenvalue weighted by Gasteiger charge is 2.39. The van der Waals surface area contributed by atoms with Gasteiger partial charge in [-0.25, -0.2) is 4.39 Å². The van der Waals surface area contributed by atoms with Crippen LogP contribution in [0.3, 0.4) is 0 Å². The zero-order valence-electron chi connectivity index (χ0n) is 10.2. The summed E-state index contributed by atoms with van der Waals surface area (Å²) in [5, 5.41) is 1.18. The largest absolute Gasteiger partial charge is 0.361 e. The quantitative estimate of drug-likeness (QED) is 0.862. The fraction of sp³-hybridized carbons (Fsp3) is 0.429. The molecule has 1 aliphatic carbocycles. The molecule has 2 nitrogen and oxygen atoms in total. The molecule has 0 unspecified atom stereocenters. The smallest absolute Gasteiger partial charge is 0.125 e. The summed E-state index contributed by atoms with van der Waals surface area (Å²) >= 11 is 0. The third-order valence-electron chi connectivity index (χ3n) is 3.60. The van der Waals surface area contributed by atoms with Gasteiger partial charge in [-0.2, -0.15) is 0 Å². The van der Waals surface area contributed by atoms with Gasteiger partial charge in [-0.3, -0.25) is 0 Å². The molecule has 2 atom stereocenters. The van der Waals surface area contributed by atoms with Crippen molar-refractivity contribution in [2.75, 3.05) is 20.6 Å². The Kier molecular flexibility index (Phi) is 2.44. The van der Waals surface area contributed by atoms with E-state index in [0.717, 1.165) is 18.0 Å². The molecule has 0 spiro atoms. The monoisotopic (exact) mass is 232 g/mol. The summed E-state index contributed by atoms with van der Waals surface area (Å²) in [5.74, 6) is 1.23. The van der Waals surface area contributed by atoms with E-state index in [1.54, 1.807) is 12.1 Å². The lowest BCUT2D eigenvalue weighted by molar-refractivity contribution is 0.385. The van der Waals surface area contributed by atoms with Gasteiger partial charge in [-0.15, -0.1) is 0 Å². The van der Waals surface area contributed by atoms with Gasteiger partial charge < -0.3 is 9.88 Å². The number of aromatic nitrogens is 1. The van der Waals surface area contributed by atoms with E-state index in [1.165, 1.54) is 17.4 Å². The summed E-state index contributed by atoms with van der Waals surface area (Å²) in [4.78, 5) is 5.41. The molecule has 1 fully saturated rings. The van der Waals surface area contributed by atoms with Gasteiger partial charge in [0.05, 0.1) is 0 Å². The van der Waals surface area contributed by atoms with E-state index in [2.05, 4.69) is 24.0 Å². The highest BCUT2D eigenvalue weighted by Crippen LogP contribution is 2.49. The number of hydrogen-bond acceptors (Lipinski definition) is 1. The standard InChI is InChI=1S/C14H17FN2/c1-17(2)8-9-5-12(9)13-7-16-14-6-10(15)3-4-11(13)14/h3-4,6-7,9,12,16H,5,8H2,1-2H3/t9-,12+/m1/s1. The molecule has 1 saturated carbocycles. The highest BCUT2D eigenvalue weighted by molar-refractivity contribution is 5.84. The van der Waals surface area contributed by atoms with E-state index in [4.69, 9.17) is 0 Å². The van der Waals surface area contributed by atoms with Crippen molar-refractivity contribution in [2.24, 2.45) is 5.92 Å². The second-order valence-electron chi connectivity index (χ2n) is 5.30. The zero-order valence-corrected chi connectivity index (χ0v) is 10.2. The molecule has 1 aromatic carbocycles. The average molecular weight is 232 g/mol. The lowest BCUT2D eigenvalue weighted by Gasteiger charge is -2.08. The van der Waals surface area contributed by atoms with Crippen LogP contribution in [0.1, 0.15) is 17.9 Å². The van der Waals surface area contributed by atoms with Crippen LogP contribution in [0.4, 0.5) is 4.39 Å². The summed E-state index contributed by atoms with van der Waals surface area (Å²) in [5.41, 5.74) is 2.27. The number of rotatable bonds is 3. The van der Waals surface area contributed by atoms with E-state index in [1.807, 2.05) is 12.3 Å². The van der Waals surface area contributed by atoms with Crippen molar-refractivity contribution in [3.05, 3.63) is 35.8 Å². The molecule has 0 aliphatic heterocycles. The Morgan fingerprint density at radius 2 is 2.24 bits per heavy atom. The van der Waals surface area contributed by atoms with E-state index < -0.39 is 0 Å². The van der Waals surface area contributed by atoms with E-state index in [-0.39, 0.29) is 5.82 Å². The minimum atomic E-state index is -0.175. The molecule has 0 radical (unpaired) electrons. The first-order valence-corrected chi connectivity index (χ1v) is 6.06. The molecular formula is C14H17FN2. The number of nitrogens with zero attached hydrogens (tertiary/aromatic N) is 1. The van der Waals surface area contributed by atoms with Crippen molar-refractivity contribution in [3.8, 4) is 0 Å². The molecular weight excluding hydrogens is 215 g/mol. The van der Waals surface area contributed by atoms with Gasteiger partial charge in [0.2, 0.25) is 0 Å². The van der Waals surface area contributed by atoms with Crippen LogP contribution in [0.25, 0.3) is 10.9 Å². The van der Waals surface area contributed by atoms with Gasteiger partial charge in [0.25, 0.3) is 0 Å². The lowest BCUT2D eigenvalue weighted by atomic mass is 10.1. The van der Waals surface area contributed by atoms with Gasteiger partial charge in [0.1, 0.15) is 5.82 Å². The Hall–Kier alpha value is -1.35. The molecule has 3 heteroatoms. The number of aromatic amines is 1. The summed E-state index contributed by atoms with van der Waals surface area (Å²) < 4.78 is 13.1. The Morgan fingerprint density at radius 1 is 1.41 bits per heavy atom. The molecule has 1 heterocycles. The minimum Gasteiger partial charge on any atom is -0.361 e. The highest BCUT2D eigenvalue weighted by atomic mass is 19.1. The SMILES string of the molecule is CN(C)C[C@H]1C[C@@H]1c1c[nH]c2cc(F)ccc12. The zero-order chi connectivity index (χ0) is 12.0. The van der Waals surface area contributed by atoms with Gasteiger partial charge in [-0.05, 0) is 56.1 Å². The van der Waals surface area contributed by atoms with Crippen LogP contribution in [0.5, 0.6) is 0 Å². The van der Waals surface area contributed by atoms with Crippen LogP contribution >= 0.6 is 0 Å². The van der Waals surface area contributed by atoms with Crippen molar-refractivity contribution >= 4 is 10.9 Å². The van der Waals surface area contributed by atoms with Gasteiger partial charge >= 0.3 is 0 Å². The number of benzene rings is 1. The van der Waals surface area contributed by atoms with E-state index in [0.29, 0.717) is 5.92 Å². The van der Waals surface area contributed by atoms with Gasteiger partial charge in [0.15, 0.2) is 0 Å². The summed E-state index contributed by atoms with van der Waals surface area (Å²) in [6.07, 6.45) is 3.30. The Labute approximate surface area is 100 Å². The van der Waals surface area contributed by atoms with Crippen LogP contribution in [0.2, 0.25) is 0 Å². The molecule has 2 aromatic rings. The predicted octanol–water partition coefficient (Wildman–Crippen LogP) is 2.97. The van der Waals surface area contributed by atoms with Gasteiger partial charge in [0, 0.05) is 23.6 Å². The van der Waals surface area contributed by atoms with Crippen molar-refractivity contribution < 1.29 is 4.39 Å². The molecule has 17 heavy (non-hydrogen) atoms. The molecule has 3 rings (SSSR count). The van der Waals surface area contributed by atoms with Crippen LogP contribution < -0.4 is 0 Å². The average Bonchev–Trinajstić information content (AvgIpc) is 2.88. The maximum Gasteiger partial charge on any atom is 0.125 e.